The summed E-state index contributed by atoms with van der Waals surface area (Å²) in [7, 11) is 0. The van der Waals surface area contributed by atoms with E-state index in [9.17, 15) is 19.6 Å². The Morgan fingerprint density at radius 2 is 1.12 bits per heavy atom. The van der Waals surface area contributed by atoms with Gasteiger partial charge in [-0.1, -0.05) is 0 Å². The van der Waals surface area contributed by atoms with Crippen LogP contribution in [0.2, 0.25) is 0 Å². The monoisotopic (exact) mass is 336 g/mol. The van der Waals surface area contributed by atoms with Crippen LogP contribution in [0.25, 0.3) is 0 Å². The Morgan fingerprint density at radius 3 is 1.42 bits per heavy atom. The lowest BCUT2D eigenvalue weighted by Crippen LogP contribution is -2.68. The molecule has 3 fully saturated rings. The number of hydrogen-bond donors (Lipinski definition) is 0. The highest BCUT2D eigenvalue weighted by atomic mass is 16.5. The van der Waals surface area contributed by atoms with Crippen molar-refractivity contribution in [3.63, 3.8) is 0 Å². The number of carbonyl (C=O) groups excluding carboxylic acids is 3. The van der Waals surface area contributed by atoms with Gasteiger partial charge in [-0.2, -0.15) is 0 Å². The highest BCUT2D eigenvalue weighted by molar-refractivity contribution is 5.82. The number of hydroxylamine groups is 2. The first-order chi connectivity index (χ1) is 11.3. The summed E-state index contributed by atoms with van der Waals surface area (Å²) in [6, 6.07) is 0. The molecule has 0 aromatic heterocycles. The van der Waals surface area contributed by atoms with E-state index in [4.69, 9.17) is 0 Å². The molecule has 0 saturated carbocycles. The van der Waals surface area contributed by atoms with Crippen LogP contribution in [0.4, 0.5) is 0 Å². The number of likely N-dealkylation sites (tertiary alicyclic amines) is 2. The largest absolute Gasteiger partial charge is 0.343 e. The molecule has 3 aliphatic heterocycles. The summed E-state index contributed by atoms with van der Waals surface area (Å²) in [5, 5.41) is 14.6. The smallest absolute Gasteiger partial charge is 0.219 e. The van der Waals surface area contributed by atoms with E-state index in [-0.39, 0.29) is 17.6 Å². The highest BCUT2D eigenvalue weighted by Gasteiger charge is 2.56. The molecule has 0 aliphatic carbocycles. The molecule has 3 aliphatic rings. The van der Waals surface area contributed by atoms with Crippen molar-refractivity contribution in [3.05, 3.63) is 0 Å². The summed E-state index contributed by atoms with van der Waals surface area (Å²) >= 11 is 0. The Labute approximate surface area is 142 Å². The number of Topliss-reactive ketones (excluding diaryl/α,β-unsaturated/α-hetero) is 1. The minimum absolute atomic E-state index is 0.0221. The second kappa shape index (κ2) is 6.11. The van der Waals surface area contributed by atoms with Gasteiger partial charge in [-0.15, -0.1) is 10.3 Å². The van der Waals surface area contributed by atoms with Gasteiger partial charge < -0.3 is 9.80 Å². The van der Waals surface area contributed by atoms with Crippen molar-refractivity contribution in [1.29, 1.82) is 0 Å². The average molecular weight is 336 g/mol. The van der Waals surface area contributed by atoms with Gasteiger partial charge in [0.25, 0.3) is 0 Å². The molecule has 0 atom stereocenters. The van der Waals surface area contributed by atoms with E-state index < -0.39 is 11.1 Å². The number of hydrogen-bond acceptors (Lipinski definition) is 4. The number of rotatable bonds is 0. The molecule has 3 saturated heterocycles. The summed E-state index contributed by atoms with van der Waals surface area (Å²) in [5.41, 5.74) is -1.33. The maximum Gasteiger partial charge on any atom is 0.219 e. The van der Waals surface area contributed by atoms with Crippen molar-refractivity contribution >= 4 is 17.6 Å². The number of carbonyl (C=O) groups is 3. The van der Waals surface area contributed by atoms with Crippen LogP contribution < -0.4 is 0 Å². The molecule has 3 rings (SSSR count). The van der Waals surface area contributed by atoms with Crippen LogP contribution in [-0.2, 0) is 19.6 Å². The number of amides is 2. The van der Waals surface area contributed by atoms with Crippen molar-refractivity contribution in [1.82, 2.24) is 14.9 Å². The Morgan fingerprint density at radius 1 is 0.792 bits per heavy atom. The van der Waals surface area contributed by atoms with Crippen LogP contribution in [0.15, 0.2) is 0 Å². The van der Waals surface area contributed by atoms with Gasteiger partial charge >= 0.3 is 0 Å². The fourth-order valence-electron chi connectivity index (χ4n) is 4.68. The molecule has 3 heterocycles. The van der Waals surface area contributed by atoms with Crippen molar-refractivity contribution in [2.24, 2.45) is 0 Å². The van der Waals surface area contributed by atoms with Gasteiger partial charge in [-0.05, 0) is 25.7 Å². The molecule has 133 valence electrons. The summed E-state index contributed by atoms with van der Waals surface area (Å²) < 4.78 is 0. The number of nitrogens with zero attached hydrogens (tertiary/aromatic N) is 3. The first-order valence-corrected chi connectivity index (χ1v) is 8.78. The van der Waals surface area contributed by atoms with E-state index in [2.05, 4.69) is 0 Å². The number of piperidine rings is 3. The normalized spacial score (nSPS) is 26.9. The molecule has 7 nitrogen and oxygen atoms in total. The molecule has 0 aromatic rings. The van der Waals surface area contributed by atoms with Crippen LogP contribution >= 0.6 is 0 Å². The van der Waals surface area contributed by atoms with E-state index in [1.807, 2.05) is 0 Å². The quantitative estimate of drug-likeness (QED) is 0.654. The second-order valence-corrected chi connectivity index (χ2v) is 7.65. The van der Waals surface area contributed by atoms with Crippen molar-refractivity contribution < 1.29 is 19.6 Å². The maximum atomic E-state index is 13.3. The summed E-state index contributed by atoms with van der Waals surface area (Å²) in [5.74, 6) is 0.192. The predicted molar refractivity (Wildman–Crippen MR) is 85.2 cm³/mol. The van der Waals surface area contributed by atoms with Crippen LogP contribution in [0.5, 0.6) is 0 Å². The van der Waals surface area contributed by atoms with Crippen molar-refractivity contribution in [2.45, 2.75) is 63.5 Å². The zero-order valence-corrected chi connectivity index (χ0v) is 14.5. The summed E-state index contributed by atoms with van der Waals surface area (Å²) in [6.07, 6.45) is 2.81. The van der Waals surface area contributed by atoms with E-state index >= 15 is 0 Å². The topological polar surface area (TPSA) is 80.8 Å². The molecular formula is C17H26N3O4. The lowest BCUT2D eigenvalue weighted by Gasteiger charge is -2.56. The standard InChI is InChI=1S/C17H26N3O4/c1-13(21)18-7-3-16(4-8-18)11-15(23)12-17(20(16)24)5-9-19(10-6-17)14(2)22/h3-12H2,1-2H3. The van der Waals surface area contributed by atoms with Gasteiger partial charge in [0.15, 0.2) is 0 Å². The SMILES string of the molecule is CC(=O)N1CCC2(CC1)CC(=O)CC1(CCN(C(C)=O)CC1)N2[O]. The Balaban J connectivity index is 1.78. The third-order valence-corrected chi connectivity index (χ3v) is 6.19. The average Bonchev–Trinajstić information content (AvgIpc) is 2.53. The molecule has 24 heavy (non-hydrogen) atoms. The van der Waals surface area contributed by atoms with Gasteiger partial charge in [-0.3, -0.25) is 14.4 Å². The van der Waals surface area contributed by atoms with Crippen LogP contribution in [0.3, 0.4) is 0 Å². The highest BCUT2D eigenvalue weighted by Crippen LogP contribution is 2.46. The molecule has 7 heteroatoms. The van der Waals surface area contributed by atoms with E-state index in [1.165, 1.54) is 18.9 Å². The molecule has 0 bridgehead atoms. The fraction of sp³-hybridized carbons (Fsp3) is 0.824. The first kappa shape index (κ1) is 17.4. The second-order valence-electron chi connectivity index (χ2n) is 7.65. The van der Waals surface area contributed by atoms with E-state index in [0.29, 0.717) is 64.7 Å². The lowest BCUT2D eigenvalue weighted by atomic mass is 9.69. The van der Waals surface area contributed by atoms with Gasteiger partial charge in [0.2, 0.25) is 11.8 Å². The van der Waals surface area contributed by atoms with Crippen molar-refractivity contribution in [2.75, 3.05) is 26.2 Å². The Hall–Kier alpha value is -1.47. The lowest BCUT2D eigenvalue weighted by molar-refractivity contribution is -0.311. The molecule has 2 amide bonds. The van der Waals surface area contributed by atoms with Crippen LogP contribution in [-0.4, -0.2) is 69.7 Å². The molecule has 0 aromatic carbocycles. The zero-order chi connectivity index (χ0) is 17.5. The Kier molecular flexibility index (Phi) is 4.42. The first-order valence-electron chi connectivity index (χ1n) is 8.78. The summed E-state index contributed by atoms with van der Waals surface area (Å²) in [6.45, 7) is 5.23. The zero-order valence-electron chi connectivity index (χ0n) is 14.5. The molecule has 2 spiro atoms. The molecular weight excluding hydrogens is 310 g/mol. The van der Waals surface area contributed by atoms with Gasteiger partial charge in [0.1, 0.15) is 5.78 Å². The molecule has 1 radical (unpaired) electrons. The molecule has 0 N–H and O–H groups in total. The minimum Gasteiger partial charge on any atom is -0.343 e. The maximum absolute atomic E-state index is 13.3. The fourth-order valence-corrected chi connectivity index (χ4v) is 4.68. The Bertz CT molecular complexity index is 500. The third kappa shape index (κ3) is 2.84. The van der Waals surface area contributed by atoms with Gasteiger partial charge in [0.05, 0.1) is 11.1 Å². The van der Waals surface area contributed by atoms with Crippen molar-refractivity contribution in [3.8, 4) is 0 Å². The summed E-state index contributed by atoms with van der Waals surface area (Å²) in [4.78, 5) is 39.0. The van der Waals surface area contributed by atoms with Crippen LogP contribution in [0.1, 0.15) is 52.4 Å². The number of ketones is 1. The predicted octanol–water partition coefficient (Wildman–Crippen LogP) is 0.759. The van der Waals surface area contributed by atoms with Gasteiger partial charge in [-0.25, -0.2) is 0 Å². The third-order valence-electron chi connectivity index (χ3n) is 6.19. The van der Waals surface area contributed by atoms with E-state index in [1.54, 1.807) is 9.80 Å². The minimum atomic E-state index is -0.667. The van der Waals surface area contributed by atoms with E-state index in [0.717, 1.165) is 0 Å². The van der Waals surface area contributed by atoms with Gasteiger partial charge in [0, 0.05) is 52.9 Å². The molecule has 0 unspecified atom stereocenters. The van der Waals surface area contributed by atoms with Crippen LogP contribution in [0, 0.1) is 0 Å².